The molecule has 0 saturated carbocycles. The van der Waals surface area contributed by atoms with Crippen LogP contribution in [-0.2, 0) is 25.7 Å². The zero-order valence-electron chi connectivity index (χ0n) is 5.02. The second-order valence-corrected chi connectivity index (χ2v) is 3.13. The maximum atomic E-state index is 8.50. The van der Waals surface area contributed by atoms with Crippen LogP contribution in [0.1, 0.15) is 19.8 Å². The van der Waals surface area contributed by atoms with Gasteiger partial charge in [-0.05, 0) is 0 Å². The van der Waals surface area contributed by atoms with Gasteiger partial charge in [0, 0.05) is 0 Å². The van der Waals surface area contributed by atoms with Crippen molar-refractivity contribution in [2.24, 2.45) is 0 Å². The molecule has 2 radical (unpaired) electrons. The molecule has 0 aromatic carbocycles. The van der Waals surface area contributed by atoms with Crippen LogP contribution in [0.5, 0.6) is 0 Å². The zero-order valence-corrected chi connectivity index (χ0v) is 9.87. The van der Waals surface area contributed by atoms with Crippen LogP contribution in [0.3, 0.4) is 0 Å². The monoisotopic (exact) mass is 258 g/mol. The molecule has 8 heavy (non-hydrogen) atoms. The summed E-state index contributed by atoms with van der Waals surface area (Å²) in [6.45, 7) is 2.23. The summed E-state index contributed by atoms with van der Waals surface area (Å²) in [5, 5.41) is 0. The van der Waals surface area contributed by atoms with Crippen LogP contribution in [0.15, 0.2) is 0 Å². The molecule has 0 amide bonds. The summed E-state index contributed by atoms with van der Waals surface area (Å²) < 4.78 is 18.5. The fraction of sp³-hybridized carbons (Fsp3) is 1.00. The number of hydrogen-bond acceptors (Lipinski definition) is 2. The maximum absolute atomic E-state index is 8.50. The third-order valence-corrected chi connectivity index (χ3v) is 1.72. The Balaban J connectivity index is 0. The van der Waals surface area contributed by atoms with Gasteiger partial charge >= 0.3 is 72.5 Å². The Morgan fingerprint density at radius 3 is 1.88 bits per heavy atom. The third-order valence-electron chi connectivity index (χ3n) is 0.558. The summed E-state index contributed by atoms with van der Waals surface area (Å²) >= 11 is -0.549. The first-order valence-corrected chi connectivity index (χ1v) is 6.13. The van der Waals surface area contributed by atoms with Crippen LogP contribution in [0, 0.1) is 0 Å². The zero-order chi connectivity index (χ0) is 6.83. The quantitative estimate of drug-likeness (QED) is 0.687. The first-order chi connectivity index (χ1) is 3.83. The average molecular weight is 257 g/mol. The van der Waals surface area contributed by atoms with Crippen LogP contribution in [-0.4, -0.2) is 22.5 Å². The Kier molecular flexibility index (Phi) is 23.3. The standard InChI is InChI=1S/C4H9.2O.Sn.Ti.H/c1-3-4-2;;;;;/h1,3-4H2,2H3;;;;;. The van der Waals surface area contributed by atoms with Gasteiger partial charge < -0.3 is 0 Å². The van der Waals surface area contributed by atoms with Crippen LogP contribution >= 0.6 is 0 Å². The molecule has 0 N–H and O–H groups in total. The van der Waals surface area contributed by atoms with E-state index in [-0.39, 0.29) is 0 Å². The van der Waals surface area contributed by atoms with Crippen molar-refractivity contribution in [3.8, 4) is 0 Å². The third kappa shape index (κ3) is 27.4. The molecule has 46 valence electrons. The normalized spacial score (nSPS) is 6.25. The fourth-order valence-electron chi connectivity index (χ4n) is 0.204. The first kappa shape index (κ1) is 11.9. The van der Waals surface area contributed by atoms with Gasteiger partial charge in [-0.15, -0.1) is 0 Å². The van der Waals surface area contributed by atoms with Crippen molar-refractivity contribution >= 4 is 22.5 Å². The first-order valence-electron chi connectivity index (χ1n) is 2.52. The Morgan fingerprint density at radius 2 is 1.88 bits per heavy atom. The van der Waals surface area contributed by atoms with E-state index in [4.69, 9.17) is 6.65 Å². The molecule has 0 rings (SSSR count). The molecule has 4 heteroatoms. The number of hydrogen-bond donors (Lipinski definition) is 0. The van der Waals surface area contributed by atoms with Gasteiger partial charge in [0.25, 0.3) is 0 Å². The second-order valence-electron chi connectivity index (χ2n) is 1.23. The van der Waals surface area contributed by atoms with Crippen molar-refractivity contribution < 1.29 is 25.7 Å². The van der Waals surface area contributed by atoms with Crippen LogP contribution in [0.2, 0.25) is 4.44 Å². The SMILES string of the molecule is CCC[CH2][SnH].[O]=[Ti]=[O]. The van der Waals surface area contributed by atoms with Gasteiger partial charge in [0.05, 0.1) is 0 Å². The molecule has 0 aromatic heterocycles. The van der Waals surface area contributed by atoms with Crippen molar-refractivity contribution in [2.45, 2.75) is 24.2 Å². The molecule has 0 saturated heterocycles. The van der Waals surface area contributed by atoms with E-state index in [1.165, 1.54) is 39.8 Å². The number of rotatable bonds is 2. The van der Waals surface area contributed by atoms with Crippen molar-refractivity contribution in [1.29, 1.82) is 0 Å². The van der Waals surface area contributed by atoms with Gasteiger partial charge in [0.1, 0.15) is 0 Å². The summed E-state index contributed by atoms with van der Waals surface area (Å²) in [6, 6.07) is 0. The van der Waals surface area contributed by atoms with E-state index >= 15 is 0 Å². The summed E-state index contributed by atoms with van der Waals surface area (Å²) in [4.78, 5) is 0. The van der Waals surface area contributed by atoms with E-state index in [2.05, 4.69) is 6.92 Å². The average Bonchev–Trinajstić information content (AvgIpc) is 1.71. The van der Waals surface area contributed by atoms with E-state index < -0.39 is 19.1 Å². The minimum atomic E-state index is -2.00. The molecule has 0 aliphatic rings. The number of unbranched alkanes of at least 4 members (excludes halogenated alkanes) is 1. The predicted octanol–water partition coefficient (Wildman–Crippen LogP) is 0.865. The van der Waals surface area contributed by atoms with Crippen LogP contribution in [0.25, 0.3) is 0 Å². The summed E-state index contributed by atoms with van der Waals surface area (Å²) in [6.07, 6.45) is 2.82. The van der Waals surface area contributed by atoms with E-state index in [0.29, 0.717) is 0 Å². The van der Waals surface area contributed by atoms with Gasteiger partial charge in [0.2, 0.25) is 0 Å². The molecule has 0 atom stereocenters. The summed E-state index contributed by atoms with van der Waals surface area (Å²) in [5.74, 6) is 0. The molecule has 0 unspecified atom stereocenters. The van der Waals surface area contributed by atoms with E-state index in [1.54, 1.807) is 0 Å². The van der Waals surface area contributed by atoms with Gasteiger partial charge in [-0.3, -0.25) is 0 Å². The predicted molar refractivity (Wildman–Crippen MR) is 28.2 cm³/mol. The van der Waals surface area contributed by atoms with Crippen LogP contribution < -0.4 is 0 Å². The Bertz CT molecular complexity index is 59.1. The topological polar surface area (TPSA) is 34.1 Å². The van der Waals surface area contributed by atoms with Gasteiger partial charge in [-0.2, -0.15) is 0 Å². The molecule has 0 aliphatic heterocycles. The van der Waals surface area contributed by atoms with E-state index in [9.17, 15) is 0 Å². The summed E-state index contributed by atoms with van der Waals surface area (Å²) in [5.41, 5.74) is 0. The second kappa shape index (κ2) is 15.7. The van der Waals surface area contributed by atoms with Crippen LogP contribution in [0.4, 0.5) is 0 Å². The van der Waals surface area contributed by atoms with Gasteiger partial charge in [0.15, 0.2) is 0 Å². The Labute approximate surface area is 72.1 Å². The van der Waals surface area contributed by atoms with Gasteiger partial charge in [-0.1, -0.05) is 0 Å². The fourth-order valence-corrected chi connectivity index (χ4v) is 1.37. The van der Waals surface area contributed by atoms with Crippen molar-refractivity contribution in [2.75, 3.05) is 0 Å². The molecule has 0 aliphatic carbocycles. The Hall–Kier alpha value is 1.11. The minimum absolute atomic E-state index is 1.38. The molecule has 0 fully saturated rings. The van der Waals surface area contributed by atoms with E-state index in [0.717, 1.165) is 0 Å². The molecular weight excluding hydrogens is 247 g/mol. The molecule has 0 bridgehead atoms. The molecule has 0 aromatic rings. The van der Waals surface area contributed by atoms with Crippen molar-refractivity contribution in [1.82, 2.24) is 0 Å². The molecule has 0 spiro atoms. The van der Waals surface area contributed by atoms with E-state index in [1.807, 2.05) is 0 Å². The van der Waals surface area contributed by atoms with Crippen molar-refractivity contribution in [3.05, 3.63) is 0 Å². The molecule has 2 nitrogen and oxygen atoms in total. The molecule has 0 heterocycles. The molecular formula is C4H10O2SnTi. The Morgan fingerprint density at radius 1 is 1.50 bits per heavy atom. The van der Waals surface area contributed by atoms with Gasteiger partial charge in [-0.25, -0.2) is 0 Å². The van der Waals surface area contributed by atoms with Crippen molar-refractivity contribution in [3.63, 3.8) is 0 Å². The summed E-state index contributed by atoms with van der Waals surface area (Å²) in [7, 11) is 0.